The average Bonchev–Trinajstić information content (AvgIpc) is 3.09. The Labute approximate surface area is 134 Å². The second-order valence-corrected chi connectivity index (χ2v) is 4.96. The first-order chi connectivity index (χ1) is 11.3. The minimum absolute atomic E-state index is 0.184. The number of benzene rings is 1. The van der Waals surface area contributed by atoms with Crippen LogP contribution in [0.5, 0.6) is 0 Å². The van der Waals surface area contributed by atoms with E-state index in [2.05, 4.69) is 4.98 Å². The summed E-state index contributed by atoms with van der Waals surface area (Å²) in [6, 6.07) is 13.2. The van der Waals surface area contributed by atoms with Crippen LogP contribution in [0.4, 0.5) is 0 Å². The van der Waals surface area contributed by atoms with Crippen LogP contribution in [0.15, 0.2) is 48.7 Å². The molecular formula is C17H17NO5. The van der Waals surface area contributed by atoms with Crippen LogP contribution in [-0.4, -0.2) is 31.0 Å². The van der Waals surface area contributed by atoms with E-state index in [0.29, 0.717) is 12.2 Å². The van der Waals surface area contributed by atoms with E-state index in [1.54, 1.807) is 12.1 Å². The molecule has 3 rings (SSSR count). The lowest BCUT2D eigenvalue weighted by Gasteiger charge is -2.14. The lowest BCUT2D eigenvalue weighted by molar-refractivity contribution is -0.151. The first-order valence-corrected chi connectivity index (χ1v) is 7.23. The summed E-state index contributed by atoms with van der Waals surface area (Å²) in [5, 5.41) is 0. The molecule has 1 aliphatic heterocycles. The van der Waals surface area contributed by atoms with Crippen LogP contribution in [0.25, 0.3) is 0 Å². The number of carbonyl (C=O) groups excluding carboxylic acids is 1. The van der Waals surface area contributed by atoms with Crippen LogP contribution in [-0.2, 0) is 25.6 Å². The standard InChI is InChI=1S/C17H17NO5/c1-20-16(19)15-13(8-5-9-18-15)17-22-11-14(23-17)21-10-12-6-3-2-4-7-12/h2-9,14,17H,10-11H2,1H3. The van der Waals surface area contributed by atoms with Gasteiger partial charge in [-0.05, 0) is 17.7 Å². The highest BCUT2D eigenvalue weighted by Crippen LogP contribution is 2.29. The normalized spacial score (nSPS) is 20.4. The number of esters is 1. The molecule has 6 nitrogen and oxygen atoms in total. The van der Waals surface area contributed by atoms with Gasteiger partial charge in [0.15, 0.2) is 18.3 Å². The second kappa shape index (κ2) is 7.32. The summed E-state index contributed by atoms with van der Waals surface area (Å²) in [5.74, 6) is -0.526. The van der Waals surface area contributed by atoms with Crippen molar-refractivity contribution in [2.75, 3.05) is 13.7 Å². The number of aromatic nitrogens is 1. The van der Waals surface area contributed by atoms with Crippen molar-refractivity contribution in [2.45, 2.75) is 19.2 Å². The third-order valence-corrected chi connectivity index (χ3v) is 3.41. The Morgan fingerprint density at radius 1 is 1.26 bits per heavy atom. The van der Waals surface area contributed by atoms with Gasteiger partial charge in [0.05, 0.1) is 13.7 Å². The zero-order valence-electron chi connectivity index (χ0n) is 12.7. The minimum Gasteiger partial charge on any atom is -0.464 e. The largest absolute Gasteiger partial charge is 0.464 e. The topological polar surface area (TPSA) is 66.9 Å². The summed E-state index contributed by atoms with van der Waals surface area (Å²) in [5.41, 5.74) is 1.77. The maximum atomic E-state index is 11.8. The molecule has 0 radical (unpaired) electrons. The fourth-order valence-corrected chi connectivity index (χ4v) is 2.27. The van der Waals surface area contributed by atoms with E-state index in [9.17, 15) is 4.79 Å². The predicted molar refractivity (Wildman–Crippen MR) is 80.4 cm³/mol. The fraction of sp³-hybridized carbons (Fsp3) is 0.294. The molecule has 1 aromatic heterocycles. The fourth-order valence-electron chi connectivity index (χ4n) is 2.27. The van der Waals surface area contributed by atoms with Crippen molar-refractivity contribution in [3.05, 3.63) is 65.5 Å². The maximum absolute atomic E-state index is 11.8. The number of rotatable bonds is 5. The molecular weight excluding hydrogens is 298 g/mol. The Bertz CT molecular complexity index is 661. The Morgan fingerprint density at radius 3 is 2.87 bits per heavy atom. The second-order valence-electron chi connectivity index (χ2n) is 4.96. The van der Waals surface area contributed by atoms with E-state index in [1.165, 1.54) is 13.3 Å². The molecule has 0 aliphatic carbocycles. The summed E-state index contributed by atoms with van der Waals surface area (Å²) in [4.78, 5) is 15.8. The van der Waals surface area contributed by atoms with Crippen LogP contribution in [0.1, 0.15) is 27.9 Å². The van der Waals surface area contributed by atoms with E-state index >= 15 is 0 Å². The molecule has 1 saturated heterocycles. The number of nitrogens with zero attached hydrogens (tertiary/aromatic N) is 1. The molecule has 0 saturated carbocycles. The first-order valence-electron chi connectivity index (χ1n) is 7.23. The van der Waals surface area contributed by atoms with Crippen molar-refractivity contribution in [2.24, 2.45) is 0 Å². The third-order valence-electron chi connectivity index (χ3n) is 3.41. The van der Waals surface area contributed by atoms with E-state index in [0.717, 1.165) is 5.56 Å². The quantitative estimate of drug-likeness (QED) is 0.790. The zero-order valence-corrected chi connectivity index (χ0v) is 12.7. The molecule has 2 aromatic rings. The van der Waals surface area contributed by atoms with Crippen molar-refractivity contribution in [1.82, 2.24) is 4.98 Å². The van der Waals surface area contributed by atoms with Crippen LogP contribution >= 0.6 is 0 Å². The van der Waals surface area contributed by atoms with Crippen LogP contribution in [0, 0.1) is 0 Å². The molecule has 0 N–H and O–H groups in total. The lowest BCUT2D eigenvalue weighted by Crippen LogP contribution is -2.15. The zero-order chi connectivity index (χ0) is 16.1. The number of ether oxygens (including phenoxy) is 4. The smallest absolute Gasteiger partial charge is 0.357 e. The SMILES string of the molecule is COC(=O)c1ncccc1C1OCC(OCc2ccccc2)O1. The minimum atomic E-state index is -0.696. The third kappa shape index (κ3) is 3.73. The molecule has 2 heterocycles. The van der Waals surface area contributed by atoms with Crippen molar-refractivity contribution in [3.63, 3.8) is 0 Å². The predicted octanol–water partition coefficient (Wildman–Crippen LogP) is 2.46. The summed E-state index contributed by atoms with van der Waals surface area (Å²) >= 11 is 0. The summed E-state index contributed by atoms with van der Waals surface area (Å²) in [7, 11) is 1.31. The molecule has 1 aliphatic rings. The van der Waals surface area contributed by atoms with Gasteiger partial charge in [0.25, 0.3) is 0 Å². The van der Waals surface area contributed by atoms with Crippen LogP contribution < -0.4 is 0 Å². The molecule has 23 heavy (non-hydrogen) atoms. The van der Waals surface area contributed by atoms with E-state index in [-0.39, 0.29) is 12.3 Å². The molecule has 6 heteroatoms. The van der Waals surface area contributed by atoms with Gasteiger partial charge in [-0.1, -0.05) is 30.3 Å². The van der Waals surface area contributed by atoms with Gasteiger partial charge < -0.3 is 18.9 Å². The number of pyridine rings is 1. The number of hydrogen-bond acceptors (Lipinski definition) is 6. The Kier molecular flexibility index (Phi) is 4.97. The lowest BCUT2D eigenvalue weighted by atomic mass is 10.2. The van der Waals surface area contributed by atoms with E-state index < -0.39 is 18.5 Å². The molecule has 120 valence electrons. The van der Waals surface area contributed by atoms with E-state index in [1.807, 2.05) is 30.3 Å². The van der Waals surface area contributed by atoms with Gasteiger partial charge in [-0.25, -0.2) is 9.78 Å². The Hall–Kier alpha value is -2.28. The van der Waals surface area contributed by atoms with Gasteiger partial charge in [0, 0.05) is 11.8 Å². The molecule has 2 atom stereocenters. The monoisotopic (exact) mass is 315 g/mol. The van der Waals surface area contributed by atoms with Gasteiger partial charge in [-0.3, -0.25) is 0 Å². The van der Waals surface area contributed by atoms with Crippen molar-refractivity contribution < 1.29 is 23.7 Å². The highest BCUT2D eigenvalue weighted by Gasteiger charge is 2.31. The van der Waals surface area contributed by atoms with Gasteiger partial charge in [0.1, 0.15) is 6.61 Å². The van der Waals surface area contributed by atoms with Gasteiger partial charge in [0.2, 0.25) is 0 Å². The number of carbonyl (C=O) groups is 1. The highest BCUT2D eigenvalue weighted by atomic mass is 16.8. The van der Waals surface area contributed by atoms with Crippen molar-refractivity contribution >= 4 is 5.97 Å². The maximum Gasteiger partial charge on any atom is 0.357 e. The Morgan fingerprint density at radius 2 is 2.09 bits per heavy atom. The summed E-state index contributed by atoms with van der Waals surface area (Å²) < 4.78 is 21.7. The summed E-state index contributed by atoms with van der Waals surface area (Å²) in [6.45, 7) is 0.714. The first kappa shape index (κ1) is 15.6. The number of hydrogen-bond donors (Lipinski definition) is 0. The molecule has 0 amide bonds. The molecule has 0 bridgehead atoms. The Balaban J connectivity index is 1.63. The van der Waals surface area contributed by atoms with Crippen molar-refractivity contribution in [3.8, 4) is 0 Å². The molecule has 1 aromatic carbocycles. The van der Waals surface area contributed by atoms with Crippen LogP contribution in [0.3, 0.4) is 0 Å². The van der Waals surface area contributed by atoms with Crippen molar-refractivity contribution in [1.29, 1.82) is 0 Å². The molecule has 0 spiro atoms. The molecule has 2 unspecified atom stereocenters. The average molecular weight is 315 g/mol. The van der Waals surface area contributed by atoms with Gasteiger partial charge >= 0.3 is 5.97 Å². The van der Waals surface area contributed by atoms with Gasteiger partial charge in [-0.15, -0.1) is 0 Å². The molecule has 1 fully saturated rings. The van der Waals surface area contributed by atoms with E-state index in [4.69, 9.17) is 18.9 Å². The highest BCUT2D eigenvalue weighted by molar-refractivity contribution is 5.88. The van der Waals surface area contributed by atoms with Gasteiger partial charge in [-0.2, -0.15) is 0 Å². The number of methoxy groups -OCH3 is 1. The van der Waals surface area contributed by atoms with Crippen LogP contribution in [0.2, 0.25) is 0 Å². The summed E-state index contributed by atoms with van der Waals surface area (Å²) in [6.07, 6.45) is 0.332.